The van der Waals surface area contributed by atoms with Crippen molar-refractivity contribution in [1.29, 1.82) is 0 Å². The van der Waals surface area contributed by atoms with Crippen LogP contribution >= 0.6 is 0 Å². The zero-order chi connectivity index (χ0) is 19.9. The minimum atomic E-state index is -0.746. The van der Waals surface area contributed by atoms with Crippen LogP contribution in [-0.4, -0.2) is 24.6 Å². The molecule has 0 bridgehead atoms. The van der Waals surface area contributed by atoms with Crippen LogP contribution in [0.1, 0.15) is 15.9 Å². The molecular weight excluding hydrogens is 364 g/mol. The Morgan fingerprint density at radius 2 is 1.89 bits per heavy atom. The number of nitrogens with zero attached hydrogens (tertiary/aromatic N) is 1. The molecule has 0 aliphatic rings. The highest BCUT2D eigenvalue weighted by Gasteiger charge is 2.15. The fourth-order valence-corrected chi connectivity index (χ4v) is 2.66. The van der Waals surface area contributed by atoms with Crippen LogP contribution in [0.3, 0.4) is 0 Å². The molecule has 0 saturated heterocycles. The summed E-state index contributed by atoms with van der Waals surface area (Å²) in [5.41, 5.74) is 1.81. The van der Waals surface area contributed by atoms with Gasteiger partial charge in [0.1, 0.15) is 23.0 Å². The SMILES string of the molecule is COC(=O)c1cc(Nc2ccc(F)cc2F)cnc1NCCc1ccccc1. The van der Waals surface area contributed by atoms with E-state index in [0.717, 1.165) is 24.1 Å². The average Bonchev–Trinajstić information content (AvgIpc) is 2.71. The lowest BCUT2D eigenvalue weighted by molar-refractivity contribution is 0.0601. The molecule has 0 aliphatic heterocycles. The Hall–Kier alpha value is -3.48. The molecule has 3 rings (SSSR count). The Bertz CT molecular complexity index is 965. The fourth-order valence-electron chi connectivity index (χ4n) is 2.66. The number of hydrogen-bond donors (Lipinski definition) is 2. The first-order valence-corrected chi connectivity index (χ1v) is 8.65. The Balaban J connectivity index is 1.76. The number of pyridine rings is 1. The molecule has 1 aromatic heterocycles. The summed E-state index contributed by atoms with van der Waals surface area (Å²) in [6.45, 7) is 0.570. The van der Waals surface area contributed by atoms with Gasteiger partial charge in [0.25, 0.3) is 0 Å². The van der Waals surface area contributed by atoms with Crippen LogP contribution in [0.4, 0.5) is 26.0 Å². The van der Waals surface area contributed by atoms with Crippen molar-refractivity contribution in [3.8, 4) is 0 Å². The lowest BCUT2D eigenvalue weighted by Crippen LogP contribution is -2.13. The van der Waals surface area contributed by atoms with Crippen LogP contribution in [0, 0.1) is 11.6 Å². The summed E-state index contributed by atoms with van der Waals surface area (Å²) in [7, 11) is 1.27. The predicted octanol–water partition coefficient (Wildman–Crippen LogP) is 4.54. The molecule has 0 spiro atoms. The molecule has 0 atom stereocenters. The second-order valence-electron chi connectivity index (χ2n) is 6.02. The summed E-state index contributed by atoms with van der Waals surface area (Å²) in [6.07, 6.45) is 2.21. The summed E-state index contributed by atoms with van der Waals surface area (Å²) < 4.78 is 31.7. The van der Waals surface area contributed by atoms with Crippen LogP contribution in [0.15, 0.2) is 60.8 Å². The normalized spacial score (nSPS) is 10.4. The van der Waals surface area contributed by atoms with Gasteiger partial charge in [0.2, 0.25) is 0 Å². The predicted molar refractivity (Wildman–Crippen MR) is 104 cm³/mol. The summed E-state index contributed by atoms with van der Waals surface area (Å²) in [5.74, 6) is -1.62. The largest absolute Gasteiger partial charge is 0.465 e. The van der Waals surface area contributed by atoms with Crippen molar-refractivity contribution in [2.24, 2.45) is 0 Å². The zero-order valence-electron chi connectivity index (χ0n) is 15.2. The van der Waals surface area contributed by atoms with Crippen LogP contribution in [0.5, 0.6) is 0 Å². The van der Waals surface area contributed by atoms with Gasteiger partial charge in [-0.15, -0.1) is 0 Å². The number of nitrogens with one attached hydrogen (secondary N) is 2. The van der Waals surface area contributed by atoms with Crippen molar-refractivity contribution < 1.29 is 18.3 Å². The number of hydrogen-bond acceptors (Lipinski definition) is 5. The third-order valence-electron chi connectivity index (χ3n) is 4.05. The van der Waals surface area contributed by atoms with Gasteiger partial charge in [-0.05, 0) is 30.2 Å². The van der Waals surface area contributed by atoms with E-state index in [1.54, 1.807) is 0 Å². The van der Waals surface area contributed by atoms with Gasteiger partial charge in [0.05, 0.1) is 24.7 Å². The topological polar surface area (TPSA) is 63.2 Å². The third-order valence-corrected chi connectivity index (χ3v) is 4.05. The number of halogens is 2. The molecule has 0 saturated carbocycles. The lowest BCUT2D eigenvalue weighted by Gasteiger charge is -2.13. The molecule has 3 aromatic rings. The molecule has 0 aliphatic carbocycles. The molecule has 7 heteroatoms. The molecule has 2 N–H and O–H groups in total. The van der Waals surface area contributed by atoms with Crippen molar-refractivity contribution in [3.63, 3.8) is 0 Å². The summed E-state index contributed by atoms with van der Waals surface area (Å²) in [4.78, 5) is 16.4. The number of anilines is 3. The first-order valence-electron chi connectivity index (χ1n) is 8.65. The highest BCUT2D eigenvalue weighted by Crippen LogP contribution is 2.24. The number of methoxy groups -OCH3 is 1. The van der Waals surface area contributed by atoms with Crippen molar-refractivity contribution >= 4 is 23.2 Å². The van der Waals surface area contributed by atoms with Gasteiger partial charge >= 0.3 is 5.97 Å². The second-order valence-corrected chi connectivity index (χ2v) is 6.02. The highest BCUT2D eigenvalue weighted by atomic mass is 19.1. The van der Waals surface area contributed by atoms with Gasteiger partial charge in [-0.1, -0.05) is 30.3 Å². The smallest absolute Gasteiger partial charge is 0.341 e. The summed E-state index contributed by atoms with van der Waals surface area (Å²) in [5, 5.41) is 5.91. The van der Waals surface area contributed by atoms with Gasteiger partial charge in [0, 0.05) is 12.6 Å². The quantitative estimate of drug-likeness (QED) is 0.587. The van der Waals surface area contributed by atoms with E-state index in [4.69, 9.17) is 4.74 Å². The molecular formula is C21H19F2N3O2. The maximum absolute atomic E-state index is 13.8. The van der Waals surface area contributed by atoms with E-state index < -0.39 is 17.6 Å². The molecule has 0 radical (unpaired) electrons. The molecule has 0 unspecified atom stereocenters. The monoisotopic (exact) mass is 383 g/mol. The zero-order valence-corrected chi connectivity index (χ0v) is 15.2. The van der Waals surface area contributed by atoms with E-state index in [1.165, 1.54) is 25.4 Å². The maximum atomic E-state index is 13.8. The van der Waals surface area contributed by atoms with Gasteiger partial charge in [-0.3, -0.25) is 0 Å². The van der Waals surface area contributed by atoms with Crippen LogP contribution < -0.4 is 10.6 Å². The van der Waals surface area contributed by atoms with Crippen LogP contribution in [0.2, 0.25) is 0 Å². The lowest BCUT2D eigenvalue weighted by atomic mass is 10.1. The fraction of sp³-hybridized carbons (Fsp3) is 0.143. The molecule has 28 heavy (non-hydrogen) atoms. The van der Waals surface area contributed by atoms with Crippen molar-refractivity contribution in [2.45, 2.75) is 6.42 Å². The van der Waals surface area contributed by atoms with Crippen molar-refractivity contribution in [2.75, 3.05) is 24.3 Å². The van der Waals surface area contributed by atoms with E-state index >= 15 is 0 Å². The van der Waals surface area contributed by atoms with Crippen LogP contribution in [-0.2, 0) is 11.2 Å². The van der Waals surface area contributed by atoms with Gasteiger partial charge in [-0.2, -0.15) is 0 Å². The maximum Gasteiger partial charge on any atom is 0.341 e. The molecule has 2 aromatic carbocycles. The Morgan fingerprint density at radius 3 is 2.61 bits per heavy atom. The van der Waals surface area contributed by atoms with Crippen molar-refractivity contribution in [3.05, 3.63) is 83.6 Å². The number of esters is 1. The first-order chi connectivity index (χ1) is 13.6. The van der Waals surface area contributed by atoms with Crippen molar-refractivity contribution in [1.82, 2.24) is 4.98 Å². The molecule has 0 fully saturated rings. The molecule has 144 valence electrons. The van der Waals surface area contributed by atoms with E-state index in [9.17, 15) is 13.6 Å². The van der Waals surface area contributed by atoms with Gasteiger partial charge < -0.3 is 15.4 Å². The van der Waals surface area contributed by atoms with E-state index in [1.807, 2.05) is 30.3 Å². The Kier molecular flexibility index (Phi) is 6.16. The van der Waals surface area contributed by atoms with Gasteiger partial charge in [0.15, 0.2) is 0 Å². The highest BCUT2D eigenvalue weighted by molar-refractivity contribution is 5.95. The number of rotatable bonds is 7. The van der Waals surface area contributed by atoms with Gasteiger partial charge in [-0.25, -0.2) is 18.6 Å². The number of benzene rings is 2. The average molecular weight is 383 g/mol. The molecule has 1 heterocycles. The minimum Gasteiger partial charge on any atom is -0.465 e. The number of carbonyl (C=O) groups excluding carboxylic acids is 1. The number of aromatic nitrogens is 1. The Morgan fingerprint density at radius 1 is 1.11 bits per heavy atom. The molecule has 0 amide bonds. The van der Waals surface area contributed by atoms with Crippen LogP contribution in [0.25, 0.3) is 0 Å². The number of ether oxygens (including phenoxy) is 1. The first kappa shape index (κ1) is 19.3. The summed E-state index contributed by atoms with van der Waals surface area (Å²) >= 11 is 0. The standard InChI is InChI=1S/C21H19F2N3O2/c1-28-21(27)17-12-16(26-19-8-7-15(22)11-18(19)23)13-25-20(17)24-10-9-14-5-3-2-4-6-14/h2-8,11-13,26H,9-10H2,1H3,(H,24,25). The van der Waals surface area contributed by atoms with E-state index in [2.05, 4.69) is 15.6 Å². The number of carbonyl (C=O) groups is 1. The third kappa shape index (κ3) is 4.82. The minimum absolute atomic E-state index is 0.0730. The molecule has 5 nitrogen and oxygen atoms in total. The summed E-state index contributed by atoms with van der Waals surface area (Å²) in [6, 6.07) is 14.6. The Labute approximate surface area is 161 Å². The van der Waals surface area contributed by atoms with E-state index in [0.29, 0.717) is 18.1 Å². The second kappa shape index (κ2) is 8.94. The van der Waals surface area contributed by atoms with E-state index in [-0.39, 0.29) is 11.3 Å².